The van der Waals surface area contributed by atoms with E-state index in [0.29, 0.717) is 12.4 Å². The highest BCUT2D eigenvalue weighted by Crippen LogP contribution is 2.17. The Bertz CT molecular complexity index is 450. The number of hydrogen-bond donors (Lipinski definition) is 0. The van der Waals surface area contributed by atoms with Crippen molar-refractivity contribution in [3.05, 3.63) is 17.5 Å². The Balaban J connectivity index is 3.02. The van der Waals surface area contributed by atoms with Gasteiger partial charge in [-0.15, -0.1) is 0 Å². The van der Waals surface area contributed by atoms with Gasteiger partial charge in [0, 0.05) is 12.6 Å². The standard InChI is InChI=1S/C9H14ClN3O2S/c1-3-4-5-13(16(2,14)15)9-6-8(10)11-7-12-9/h6-7H,3-5H2,1-2H3. The van der Waals surface area contributed by atoms with Crippen LogP contribution in [0.1, 0.15) is 19.8 Å². The van der Waals surface area contributed by atoms with Crippen molar-refractivity contribution in [3.8, 4) is 0 Å². The van der Waals surface area contributed by atoms with Gasteiger partial charge in [0.2, 0.25) is 10.0 Å². The second-order valence-electron chi connectivity index (χ2n) is 3.39. The van der Waals surface area contributed by atoms with Gasteiger partial charge in [-0.25, -0.2) is 18.4 Å². The molecule has 0 amide bonds. The summed E-state index contributed by atoms with van der Waals surface area (Å²) < 4.78 is 24.4. The number of hydrogen-bond acceptors (Lipinski definition) is 4. The van der Waals surface area contributed by atoms with Gasteiger partial charge in [0.15, 0.2) is 0 Å². The largest absolute Gasteiger partial charge is 0.254 e. The molecule has 0 saturated heterocycles. The lowest BCUT2D eigenvalue weighted by atomic mass is 10.3. The van der Waals surface area contributed by atoms with E-state index in [-0.39, 0.29) is 5.15 Å². The summed E-state index contributed by atoms with van der Waals surface area (Å²) in [5.41, 5.74) is 0. The first-order valence-electron chi connectivity index (χ1n) is 4.90. The monoisotopic (exact) mass is 263 g/mol. The van der Waals surface area contributed by atoms with Crippen LogP contribution in [-0.2, 0) is 10.0 Å². The molecule has 1 rings (SSSR count). The van der Waals surface area contributed by atoms with E-state index < -0.39 is 10.0 Å². The van der Waals surface area contributed by atoms with Crippen molar-refractivity contribution in [1.29, 1.82) is 0 Å². The summed E-state index contributed by atoms with van der Waals surface area (Å²) in [4.78, 5) is 7.63. The van der Waals surface area contributed by atoms with Crippen LogP contribution in [0.25, 0.3) is 0 Å². The fourth-order valence-corrected chi connectivity index (χ4v) is 2.25. The molecule has 16 heavy (non-hydrogen) atoms. The summed E-state index contributed by atoms with van der Waals surface area (Å²) in [7, 11) is -3.32. The molecular formula is C9H14ClN3O2S. The van der Waals surface area contributed by atoms with Crippen molar-refractivity contribution in [3.63, 3.8) is 0 Å². The number of nitrogens with zero attached hydrogens (tertiary/aromatic N) is 3. The minimum Gasteiger partial charge on any atom is -0.254 e. The van der Waals surface area contributed by atoms with Gasteiger partial charge in [-0.1, -0.05) is 24.9 Å². The first kappa shape index (κ1) is 13.2. The molecule has 90 valence electrons. The molecule has 0 aliphatic rings. The van der Waals surface area contributed by atoms with Gasteiger partial charge in [0.05, 0.1) is 6.26 Å². The maximum absolute atomic E-state index is 11.6. The summed E-state index contributed by atoms with van der Waals surface area (Å²) >= 11 is 5.70. The Morgan fingerprint density at radius 3 is 2.62 bits per heavy atom. The number of rotatable bonds is 5. The SMILES string of the molecule is CCCCN(c1cc(Cl)ncn1)S(C)(=O)=O. The van der Waals surface area contributed by atoms with Gasteiger partial charge >= 0.3 is 0 Å². The smallest absolute Gasteiger partial charge is 0.233 e. The molecule has 1 aromatic heterocycles. The van der Waals surface area contributed by atoms with Crippen molar-refractivity contribution in [2.45, 2.75) is 19.8 Å². The second kappa shape index (κ2) is 5.45. The first-order chi connectivity index (χ1) is 7.45. The molecule has 1 aromatic rings. The molecule has 1 heterocycles. The topological polar surface area (TPSA) is 63.2 Å². The fourth-order valence-electron chi connectivity index (χ4n) is 1.21. The predicted molar refractivity (Wildman–Crippen MR) is 64.1 cm³/mol. The average Bonchev–Trinajstić information content (AvgIpc) is 2.16. The number of anilines is 1. The molecule has 0 aliphatic carbocycles. The Morgan fingerprint density at radius 1 is 1.44 bits per heavy atom. The molecule has 0 bridgehead atoms. The molecule has 0 N–H and O–H groups in total. The van der Waals surface area contributed by atoms with Gasteiger partial charge < -0.3 is 0 Å². The van der Waals surface area contributed by atoms with E-state index in [4.69, 9.17) is 11.6 Å². The van der Waals surface area contributed by atoms with Gasteiger partial charge in [-0.3, -0.25) is 4.31 Å². The van der Waals surface area contributed by atoms with Gasteiger partial charge in [0.1, 0.15) is 17.3 Å². The molecule has 0 radical (unpaired) electrons. The lowest BCUT2D eigenvalue weighted by Crippen LogP contribution is -2.31. The van der Waals surface area contributed by atoms with E-state index in [9.17, 15) is 8.42 Å². The van der Waals surface area contributed by atoms with E-state index in [2.05, 4.69) is 9.97 Å². The van der Waals surface area contributed by atoms with Crippen molar-refractivity contribution in [2.24, 2.45) is 0 Å². The lowest BCUT2D eigenvalue weighted by molar-refractivity contribution is 0.594. The third-order valence-electron chi connectivity index (χ3n) is 1.99. The van der Waals surface area contributed by atoms with Gasteiger partial charge in [0.25, 0.3) is 0 Å². The van der Waals surface area contributed by atoms with Crippen molar-refractivity contribution in [2.75, 3.05) is 17.1 Å². The third kappa shape index (κ3) is 3.61. The Hall–Kier alpha value is -0.880. The zero-order valence-electron chi connectivity index (χ0n) is 9.22. The second-order valence-corrected chi connectivity index (χ2v) is 5.68. The molecule has 0 fully saturated rings. The summed E-state index contributed by atoms with van der Waals surface area (Å²) in [6.45, 7) is 2.40. The molecule has 0 saturated carbocycles. The van der Waals surface area contributed by atoms with E-state index in [1.807, 2.05) is 6.92 Å². The van der Waals surface area contributed by atoms with E-state index >= 15 is 0 Å². The van der Waals surface area contributed by atoms with Crippen LogP contribution < -0.4 is 4.31 Å². The average molecular weight is 264 g/mol. The maximum atomic E-state index is 11.6. The highest BCUT2D eigenvalue weighted by Gasteiger charge is 2.18. The number of aromatic nitrogens is 2. The molecule has 0 aromatic carbocycles. The molecule has 0 spiro atoms. The van der Waals surface area contributed by atoms with Gasteiger partial charge in [-0.05, 0) is 6.42 Å². The molecule has 5 nitrogen and oxygen atoms in total. The highest BCUT2D eigenvalue weighted by atomic mass is 35.5. The normalized spacial score (nSPS) is 11.4. The fraction of sp³-hybridized carbons (Fsp3) is 0.556. The van der Waals surface area contributed by atoms with Crippen LogP contribution in [0.2, 0.25) is 5.15 Å². The summed E-state index contributed by atoms with van der Waals surface area (Å²) in [6.07, 6.45) is 4.08. The number of sulfonamides is 1. The van der Waals surface area contributed by atoms with Crippen LogP contribution in [0.15, 0.2) is 12.4 Å². The summed E-state index contributed by atoms with van der Waals surface area (Å²) in [6, 6.07) is 1.44. The van der Waals surface area contributed by atoms with Crippen LogP contribution in [0.5, 0.6) is 0 Å². The highest BCUT2D eigenvalue weighted by molar-refractivity contribution is 7.92. The molecule has 0 aliphatic heterocycles. The van der Waals surface area contributed by atoms with Crippen LogP contribution >= 0.6 is 11.6 Å². The van der Waals surface area contributed by atoms with Crippen LogP contribution in [0.4, 0.5) is 5.82 Å². The summed E-state index contributed by atoms with van der Waals surface area (Å²) in [5.74, 6) is 0.316. The predicted octanol–water partition coefficient (Wildman–Crippen LogP) is 1.70. The minimum absolute atomic E-state index is 0.232. The number of unbranched alkanes of at least 4 members (excludes halogenated alkanes) is 1. The van der Waals surface area contributed by atoms with Crippen molar-refractivity contribution >= 4 is 27.4 Å². The zero-order valence-corrected chi connectivity index (χ0v) is 10.8. The first-order valence-corrected chi connectivity index (χ1v) is 7.13. The zero-order chi connectivity index (χ0) is 12.2. The third-order valence-corrected chi connectivity index (χ3v) is 3.37. The van der Waals surface area contributed by atoms with Crippen molar-refractivity contribution in [1.82, 2.24) is 9.97 Å². The molecular weight excluding hydrogens is 250 g/mol. The Labute approximate surface area is 101 Å². The Morgan fingerprint density at radius 2 is 2.12 bits per heavy atom. The van der Waals surface area contributed by atoms with Gasteiger partial charge in [-0.2, -0.15) is 0 Å². The quantitative estimate of drug-likeness (QED) is 0.759. The van der Waals surface area contributed by atoms with E-state index in [1.165, 1.54) is 16.7 Å². The lowest BCUT2D eigenvalue weighted by Gasteiger charge is -2.20. The van der Waals surface area contributed by atoms with E-state index in [0.717, 1.165) is 19.1 Å². The van der Waals surface area contributed by atoms with Crippen LogP contribution in [-0.4, -0.2) is 31.2 Å². The van der Waals surface area contributed by atoms with Crippen molar-refractivity contribution < 1.29 is 8.42 Å². The van der Waals surface area contributed by atoms with Crippen LogP contribution in [0.3, 0.4) is 0 Å². The molecule has 7 heteroatoms. The van der Waals surface area contributed by atoms with Crippen LogP contribution in [0, 0.1) is 0 Å². The number of halogens is 1. The molecule has 0 unspecified atom stereocenters. The molecule has 0 atom stereocenters. The van der Waals surface area contributed by atoms with E-state index in [1.54, 1.807) is 0 Å². The Kier molecular flexibility index (Phi) is 4.49. The maximum Gasteiger partial charge on any atom is 0.233 e. The minimum atomic E-state index is -3.32. The summed E-state index contributed by atoms with van der Waals surface area (Å²) in [5, 5.41) is 0.232.